The summed E-state index contributed by atoms with van der Waals surface area (Å²) in [6.07, 6.45) is 0. The van der Waals surface area contributed by atoms with Crippen LogP contribution in [0.25, 0.3) is 11.1 Å². The van der Waals surface area contributed by atoms with E-state index in [1.54, 1.807) is 12.1 Å². The third kappa shape index (κ3) is 3.12. The van der Waals surface area contributed by atoms with Crippen molar-refractivity contribution in [1.29, 1.82) is 5.26 Å². The van der Waals surface area contributed by atoms with Crippen LogP contribution < -0.4 is 5.32 Å². The smallest absolute Gasteiger partial charge is 0.357 e. The Morgan fingerprint density at radius 1 is 1.21 bits per heavy atom. The van der Waals surface area contributed by atoms with Gasteiger partial charge in [-0.15, -0.1) is 0 Å². The second kappa shape index (κ2) is 6.52. The van der Waals surface area contributed by atoms with Gasteiger partial charge < -0.3 is 10.4 Å². The molecule has 5 nitrogen and oxygen atoms in total. The van der Waals surface area contributed by atoms with E-state index in [-0.39, 0.29) is 5.69 Å². The molecule has 1 aromatic heterocycles. The van der Waals surface area contributed by atoms with E-state index in [2.05, 4.69) is 15.8 Å². The van der Waals surface area contributed by atoms with Crippen molar-refractivity contribution < 1.29 is 9.90 Å². The topological polar surface area (TPSA) is 86.0 Å². The van der Waals surface area contributed by atoms with E-state index in [1.165, 1.54) is 0 Å². The van der Waals surface area contributed by atoms with E-state index in [0.29, 0.717) is 11.3 Å². The number of aryl methyl sites for hydroxylation is 1. The Labute approximate surface area is 143 Å². The lowest BCUT2D eigenvalue weighted by molar-refractivity contribution is 0.0693. The molecule has 0 amide bonds. The second-order valence-corrected chi connectivity index (χ2v) is 6.14. The quantitative estimate of drug-likeness (QED) is 0.736. The lowest BCUT2D eigenvalue weighted by atomic mass is 10.0. The van der Waals surface area contributed by atoms with E-state index in [0.717, 1.165) is 33.2 Å². The maximum atomic E-state index is 11.3. The summed E-state index contributed by atoms with van der Waals surface area (Å²) in [6, 6.07) is 17.1. The summed E-state index contributed by atoms with van der Waals surface area (Å²) >= 11 is 1.16. The van der Waals surface area contributed by atoms with Gasteiger partial charge in [-0.05, 0) is 53.8 Å². The molecule has 0 fully saturated rings. The summed E-state index contributed by atoms with van der Waals surface area (Å²) in [7, 11) is 0. The Hall–Kier alpha value is -3.17. The molecule has 0 saturated heterocycles. The SMILES string of the molecule is Cc1snc(C(=O)O)c1Nc1cccc(-c2ccc(C#N)cc2)c1. The summed E-state index contributed by atoms with van der Waals surface area (Å²) in [5.74, 6) is -1.05. The zero-order chi connectivity index (χ0) is 17.1. The van der Waals surface area contributed by atoms with Crippen LogP contribution in [0.3, 0.4) is 0 Å². The molecule has 0 radical (unpaired) electrons. The van der Waals surface area contributed by atoms with Crippen molar-refractivity contribution in [2.24, 2.45) is 0 Å². The van der Waals surface area contributed by atoms with Gasteiger partial charge in [-0.3, -0.25) is 0 Å². The van der Waals surface area contributed by atoms with Crippen molar-refractivity contribution in [1.82, 2.24) is 4.37 Å². The molecule has 0 unspecified atom stereocenters. The van der Waals surface area contributed by atoms with Gasteiger partial charge in [0.25, 0.3) is 0 Å². The fraction of sp³-hybridized carbons (Fsp3) is 0.0556. The molecule has 0 spiro atoms. The minimum absolute atomic E-state index is 0.0290. The average molecular weight is 335 g/mol. The molecule has 0 aliphatic rings. The van der Waals surface area contributed by atoms with Crippen LogP contribution in [-0.4, -0.2) is 15.4 Å². The Balaban J connectivity index is 1.92. The normalized spacial score (nSPS) is 10.2. The fourth-order valence-electron chi connectivity index (χ4n) is 2.32. The van der Waals surface area contributed by atoms with Crippen LogP contribution >= 0.6 is 11.5 Å². The molecule has 24 heavy (non-hydrogen) atoms. The first-order valence-corrected chi connectivity index (χ1v) is 7.93. The van der Waals surface area contributed by atoms with Crippen LogP contribution in [0.5, 0.6) is 0 Å². The zero-order valence-electron chi connectivity index (χ0n) is 12.8. The van der Waals surface area contributed by atoms with Gasteiger partial charge in [0, 0.05) is 10.6 Å². The van der Waals surface area contributed by atoms with E-state index in [9.17, 15) is 9.90 Å². The van der Waals surface area contributed by atoms with Gasteiger partial charge in [-0.25, -0.2) is 4.79 Å². The number of aromatic carboxylic acids is 1. The number of anilines is 2. The van der Waals surface area contributed by atoms with Gasteiger partial charge in [0.1, 0.15) is 0 Å². The molecule has 0 atom stereocenters. The average Bonchev–Trinajstić information content (AvgIpc) is 2.96. The molecular weight excluding hydrogens is 322 g/mol. The van der Waals surface area contributed by atoms with Crippen LogP contribution in [0.15, 0.2) is 48.5 Å². The summed E-state index contributed by atoms with van der Waals surface area (Å²) in [6.45, 7) is 1.83. The molecule has 118 valence electrons. The Morgan fingerprint density at radius 2 is 1.96 bits per heavy atom. The Bertz CT molecular complexity index is 940. The molecule has 0 aliphatic carbocycles. The van der Waals surface area contributed by atoms with Crippen molar-refractivity contribution >= 4 is 28.9 Å². The maximum absolute atomic E-state index is 11.3. The molecule has 2 N–H and O–H groups in total. The largest absolute Gasteiger partial charge is 0.476 e. The van der Waals surface area contributed by atoms with Crippen molar-refractivity contribution in [3.8, 4) is 17.2 Å². The molecule has 3 aromatic rings. The number of carboxylic acids is 1. The highest BCUT2D eigenvalue weighted by Crippen LogP contribution is 2.30. The number of rotatable bonds is 4. The lowest BCUT2D eigenvalue weighted by Crippen LogP contribution is -2.02. The molecular formula is C18H13N3O2S. The molecule has 0 bridgehead atoms. The van der Waals surface area contributed by atoms with Crippen molar-refractivity contribution in [3.05, 3.63) is 64.7 Å². The Kier molecular flexibility index (Phi) is 4.27. The minimum atomic E-state index is -1.05. The highest BCUT2D eigenvalue weighted by molar-refractivity contribution is 7.06. The van der Waals surface area contributed by atoms with Gasteiger partial charge in [0.15, 0.2) is 5.69 Å². The third-order valence-electron chi connectivity index (χ3n) is 3.54. The summed E-state index contributed by atoms with van der Waals surface area (Å²) in [5.41, 5.74) is 3.89. The molecule has 2 aromatic carbocycles. The van der Waals surface area contributed by atoms with E-state index in [4.69, 9.17) is 5.26 Å². The van der Waals surface area contributed by atoms with Crippen LogP contribution in [0.2, 0.25) is 0 Å². The summed E-state index contributed by atoms with van der Waals surface area (Å²) < 4.78 is 3.96. The predicted octanol–water partition coefficient (Wildman–Crippen LogP) is 4.43. The molecule has 0 saturated carbocycles. The first-order valence-electron chi connectivity index (χ1n) is 7.15. The van der Waals surface area contributed by atoms with Crippen LogP contribution in [-0.2, 0) is 0 Å². The number of nitrogens with zero attached hydrogens (tertiary/aromatic N) is 2. The zero-order valence-corrected chi connectivity index (χ0v) is 13.6. The number of nitrogens with one attached hydrogen (secondary N) is 1. The first-order chi connectivity index (χ1) is 11.6. The number of hydrogen-bond acceptors (Lipinski definition) is 5. The summed E-state index contributed by atoms with van der Waals surface area (Å²) in [5, 5.41) is 21.2. The van der Waals surface area contributed by atoms with Crippen molar-refractivity contribution in [3.63, 3.8) is 0 Å². The number of benzene rings is 2. The highest BCUT2D eigenvalue weighted by atomic mass is 32.1. The number of nitriles is 1. The molecule has 0 aliphatic heterocycles. The number of carboxylic acid groups (broad SMARTS) is 1. The van der Waals surface area contributed by atoms with Crippen molar-refractivity contribution in [2.45, 2.75) is 6.92 Å². The van der Waals surface area contributed by atoms with E-state index in [1.807, 2.05) is 43.3 Å². The van der Waals surface area contributed by atoms with Crippen LogP contribution in [0.1, 0.15) is 20.9 Å². The van der Waals surface area contributed by atoms with Gasteiger partial charge in [-0.2, -0.15) is 9.64 Å². The van der Waals surface area contributed by atoms with Gasteiger partial charge in [-0.1, -0.05) is 24.3 Å². The monoisotopic (exact) mass is 335 g/mol. The molecule has 3 rings (SSSR count). The van der Waals surface area contributed by atoms with E-state index >= 15 is 0 Å². The highest BCUT2D eigenvalue weighted by Gasteiger charge is 2.17. The number of aromatic nitrogens is 1. The second-order valence-electron chi connectivity index (χ2n) is 5.16. The minimum Gasteiger partial charge on any atom is -0.476 e. The number of carbonyl (C=O) groups is 1. The fourth-order valence-corrected chi connectivity index (χ4v) is 2.96. The van der Waals surface area contributed by atoms with Crippen molar-refractivity contribution in [2.75, 3.05) is 5.32 Å². The first kappa shape index (κ1) is 15.7. The third-order valence-corrected chi connectivity index (χ3v) is 4.30. The predicted molar refractivity (Wildman–Crippen MR) is 93.7 cm³/mol. The Morgan fingerprint density at radius 3 is 2.62 bits per heavy atom. The summed E-state index contributed by atoms with van der Waals surface area (Å²) in [4.78, 5) is 12.1. The maximum Gasteiger partial charge on any atom is 0.357 e. The van der Waals surface area contributed by atoms with Crippen LogP contribution in [0, 0.1) is 18.3 Å². The van der Waals surface area contributed by atoms with Gasteiger partial charge >= 0.3 is 5.97 Å². The van der Waals surface area contributed by atoms with Gasteiger partial charge in [0.05, 0.1) is 17.3 Å². The molecule has 6 heteroatoms. The standard InChI is InChI=1S/C18H13N3O2S/c1-11-16(17(18(22)23)21-24-11)20-15-4-2-3-14(9-15)13-7-5-12(10-19)6-8-13/h2-9,20H,1H3,(H,22,23). The number of hydrogen-bond donors (Lipinski definition) is 2. The van der Waals surface area contributed by atoms with E-state index < -0.39 is 5.97 Å². The molecule has 1 heterocycles. The lowest BCUT2D eigenvalue weighted by Gasteiger charge is -2.09. The van der Waals surface area contributed by atoms with Crippen LogP contribution in [0.4, 0.5) is 11.4 Å². The van der Waals surface area contributed by atoms with Gasteiger partial charge in [0.2, 0.25) is 0 Å².